The number of nitrogens with two attached hydrogens (primary N) is 1. The summed E-state index contributed by atoms with van der Waals surface area (Å²) in [5.74, 6) is 0.443. The maximum Gasteiger partial charge on any atom is 0.255 e. The van der Waals surface area contributed by atoms with E-state index in [0.717, 1.165) is 13.1 Å². The molecule has 2 aromatic carbocycles. The first-order chi connectivity index (χ1) is 10.7. The average molecular weight is 295 g/mol. The maximum absolute atomic E-state index is 12.2. The highest BCUT2D eigenvalue weighted by Gasteiger charge is 2.15. The number of hydrogen-bond acceptors (Lipinski definition) is 3. The minimum absolute atomic E-state index is 0.112. The minimum Gasteiger partial charge on any atom is -0.399 e. The van der Waals surface area contributed by atoms with Gasteiger partial charge in [-0.3, -0.25) is 4.79 Å². The Balaban J connectivity index is 1.68. The fraction of sp³-hybridized carbons (Fsp3) is 0.278. The summed E-state index contributed by atoms with van der Waals surface area (Å²) in [6, 6.07) is 15.1. The number of amides is 1. The van der Waals surface area contributed by atoms with Crippen molar-refractivity contribution >= 4 is 17.3 Å². The van der Waals surface area contributed by atoms with Gasteiger partial charge in [0.1, 0.15) is 0 Å². The number of carbonyl (C=O) groups excluding carboxylic acids is 1. The van der Waals surface area contributed by atoms with Gasteiger partial charge in [-0.1, -0.05) is 18.2 Å². The molecule has 0 aliphatic carbocycles. The number of rotatable bonds is 3. The molecule has 2 aromatic rings. The van der Waals surface area contributed by atoms with E-state index in [9.17, 15) is 4.79 Å². The van der Waals surface area contributed by atoms with Gasteiger partial charge in [0.15, 0.2) is 0 Å². The van der Waals surface area contributed by atoms with Gasteiger partial charge in [0, 0.05) is 23.5 Å². The predicted molar refractivity (Wildman–Crippen MR) is 90.1 cm³/mol. The van der Waals surface area contributed by atoms with Crippen LogP contribution in [0.15, 0.2) is 48.5 Å². The van der Waals surface area contributed by atoms with E-state index >= 15 is 0 Å². The molecule has 3 rings (SSSR count). The molecule has 1 saturated heterocycles. The quantitative estimate of drug-likeness (QED) is 0.763. The lowest BCUT2D eigenvalue weighted by atomic mass is 9.91. The first-order valence-electron chi connectivity index (χ1n) is 7.70. The van der Waals surface area contributed by atoms with E-state index < -0.39 is 0 Å². The summed E-state index contributed by atoms with van der Waals surface area (Å²) >= 11 is 0. The molecule has 4 N–H and O–H groups in total. The molecular weight excluding hydrogens is 274 g/mol. The first kappa shape index (κ1) is 14.6. The molecule has 0 spiro atoms. The highest BCUT2D eigenvalue weighted by atomic mass is 16.1. The number of carbonyl (C=O) groups is 1. The fourth-order valence-corrected chi connectivity index (χ4v) is 2.86. The molecule has 0 aromatic heterocycles. The van der Waals surface area contributed by atoms with Crippen LogP contribution >= 0.6 is 0 Å². The Labute approximate surface area is 130 Å². The van der Waals surface area contributed by atoms with E-state index in [1.165, 1.54) is 18.4 Å². The van der Waals surface area contributed by atoms with Gasteiger partial charge in [-0.15, -0.1) is 0 Å². The van der Waals surface area contributed by atoms with Crippen molar-refractivity contribution in [2.24, 2.45) is 0 Å². The van der Waals surface area contributed by atoms with Gasteiger partial charge in [0.2, 0.25) is 0 Å². The normalized spacial score (nSPS) is 17.9. The van der Waals surface area contributed by atoms with Gasteiger partial charge in [-0.25, -0.2) is 0 Å². The fourth-order valence-electron chi connectivity index (χ4n) is 2.86. The van der Waals surface area contributed by atoms with E-state index in [0.29, 0.717) is 22.9 Å². The van der Waals surface area contributed by atoms with Crippen LogP contribution in [0.4, 0.5) is 11.4 Å². The summed E-state index contributed by atoms with van der Waals surface area (Å²) in [5.41, 5.74) is 9.03. The number of anilines is 2. The van der Waals surface area contributed by atoms with Crippen LogP contribution < -0.4 is 16.4 Å². The molecule has 1 atom stereocenters. The van der Waals surface area contributed by atoms with Gasteiger partial charge >= 0.3 is 0 Å². The molecule has 4 nitrogen and oxygen atoms in total. The number of nitrogen functional groups attached to an aromatic ring is 1. The average Bonchev–Trinajstić information content (AvgIpc) is 2.56. The lowest BCUT2D eigenvalue weighted by Gasteiger charge is -2.23. The lowest BCUT2D eigenvalue weighted by Crippen LogP contribution is -2.28. The van der Waals surface area contributed by atoms with Crippen molar-refractivity contribution in [2.45, 2.75) is 18.8 Å². The zero-order chi connectivity index (χ0) is 15.4. The Hall–Kier alpha value is -2.33. The van der Waals surface area contributed by atoms with Crippen LogP contribution in [-0.4, -0.2) is 19.0 Å². The molecule has 4 heteroatoms. The molecule has 0 radical (unpaired) electrons. The summed E-state index contributed by atoms with van der Waals surface area (Å²) in [6.07, 6.45) is 2.42. The summed E-state index contributed by atoms with van der Waals surface area (Å²) in [6.45, 7) is 2.13. The zero-order valence-corrected chi connectivity index (χ0v) is 12.5. The third kappa shape index (κ3) is 3.46. The number of benzene rings is 2. The van der Waals surface area contributed by atoms with Crippen LogP contribution in [0.5, 0.6) is 0 Å². The molecule has 1 amide bonds. The van der Waals surface area contributed by atoms with Crippen LogP contribution in [0.1, 0.15) is 34.7 Å². The highest BCUT2D eigenvalue weighted by Crippen LogP contribution is 2.23. The summed E-state index contributed by atoms with van der Waals surface area (Å²) in [4.78, 5) is 12.2. The van der Waals surface area contributed by atoms with Gasteiger partial charge < -0.3 is 16.4 Å². The van der Waals surface area contributed by atoms with Crippen molar-refractivity contribution < 1.29 is 4.79 Å². The van der Waals surface area contributed by atoms with Gasteiger partial charge in [0.25, 0.3) is 5.91 Å². The first-order valence-corrected chi connectivity index (χ1v) is 7.70. The molecular formula is C18H21N3O. The number of nitrogens with one attached hydrogen (secondary N) is 2. The van der Waals surface area contributed by atoms with Crippen LogP contribution in [0.25, 0.3) is 0 Å². The summed E-state index contributed by atoms with van der Waals surface area (Å²) in [7, 11) is 0. The van der Waals surface area contributed by atoms with E-state index in [4.69, 9.17) is 5.73 Å². The van der Waals surface area contributed by atoms with Gasteiger partial charge in [-0.05, 0) is 61.2 Å². The van der Waals surface area contributed by atoms with Crippen LogP contribution in [0, 0.1) is 0 Å². The number of hydrogen-bond donors (Lipinski definition) is 3. The molecule has 1 unspecified atom stereocenters. The largest absolute Gasteiger partial charge is 0.399 e. The Morgan fingerprint density at radius 3 is 2.68 bits per heavy atom. The third-order valence-electron chi connectivity index (χ3n) is 4.09. The standard InChI is InChI=1S/C18H21N3O/c19-16-4-1-5-17(11-16)21-18(22)14-8-6-13(7-9-14)15-3-2-10-20-12-15/h1,4-9,11,15,20H,2-3,10,12,19H2,(H,21,22). The second-order valence-corrected chi connectivity index (χ2v) is 5.74. The molecule has 1 aliphatic rings. The molecule has 1 heterocycles. The van der Waals surface area contributed by atoms with Crippen LogP contribution in [0.3, 0.4) is 0 Å². The molecule has 114 valence electrons. The molecule has 1 fully saturated rings. The zero-order valence-electron chi connectivity index (χ0n) is 12.5. The van der Waals surface area contributed by atoms with Gasteiger partial charge in [0.05, 0.1) is 0 Å². The smallest absolute Gasteiger partial charge is 0.255 e. The molecule has 0 saturated carbocycles. The Morgan fingerprint density at radius 2 is 2.00 bits per heavy atom. The van der Waals surface area contributed by atoms with Crippen molar-refractivity contribution in [1.82, 2.24) is 5.32 Å². The van der Waals surface area contributed by atoms with Crippen molar-refractivity contribution in [3.05, 3.63) is 59.7 Å². The number of piperidine rings is 1. The van der Waals surface area contributed by atoms with E-state index in [1.54, 1.807) is 12.1 Å². The maximum atomic E-state index is 12.2. The van der Waals surface area contributed by atoms with E-state index in [2.05, 4.69) is 22.8 Å². The van der Waals surface area contributed by atoms with Gasteiger partial charge in [-0.2, -0.15) is 0 Å². The van der Waals surface area contributed by atoms with Crippen LogP contribution in [-0.2, 0) is 0 Å². The third-order valence-corrected chi connectivity index (χ3v) is 4.09. The highest BCUT2D eigenvalue weighted by molar-refractivity contribution is 6.04. The SMILES string of the molecule is Nc1cccc(NC(=O)c2ccc(C3CCCNC3)cc2)c1. The lowest BCUT2D eigenvalue weighted by molar-refractivity contribution is 0.102. The Kier molecular flexibility index (Phi) is 4.39. The summed E-state index contributed by atoms with van der Waals surface area (Å²) < 4.78 is 0. The molecule has 0 bridgehead atoms. The van der Waals surface area contributed by atoms with Crippen molar-refractivity contribution in [3.63, 3.8) is 0 Å². The second-order valence-electron chi connectivity index (χ2n) is 5.74. The molecule has 1 aliphatic heterocycles. The van der Waals surface area contributed by atoms with Crippen molar-refractivity contribution in [2.75, 3.05) is 24.1 Å². The van der Waals surface area contributed by atoms with E-state index in [-0.39, 0.29) is 5.91 Å². The van der Waals surface area contributed by atoms with Crippen molar-refractivity contribution in [3.8, 4) is 0 Å². The Morgan fingerprint density at radius 1 is 1.18 bits per heavy atom. The minimum atomic E-state index is -0.112. The molecule has 22 heavy (non-hydrogen) atoms. The van der Waals surface area contributed by atoms with Crippen molar-refractivity contribution in [1.29, 1.82) is 0 Å². The van der Waals surface area contributed by atoms with E-state index in [1.807, 2.05) is 24.3 Å². The summed E-state index contributed by atoms with van der Waals surface area (Å²) in [5, 5.41) is 6.28. The predicted octanol–water partition coefficient (Wildman–Crippen LogP) is 2.99. The topological polar surface area (TPSA) is 67.1 Å². The second kappa shape index (κ2) is 6.62. The Bertz CT molecular complexity index is 646. The monoisotopic (exact) mass is 295 g/mol. The van der Waals surface area contributed by atoms with Crippen LogP contribution in [0.2, 0.25) is 0 Å².